The summed E-state index contributed by atoms with van der Waals surface area (Å²) in [6.45, 7) is 11.0. The zero-order chi connectivity index (χ0) is 25.0. The molecule has 0 atom stereocenters. The number of benzene rings is 2. The van der Waals surface area contributed by atoms with Crippen LogP contribution in [-0.4, -0.2) is 17.4 Å². The Bertz CT molecular complexity index is 1040. The summed E-state index contributed by atoms with van der Waals surface area (Å²) < 4.78 is 0. The molecule has 0 saturated carbocycles. The molecular formula is C32H41Cl3N3V-3. The van der Waals surface area contributed by atoms with Crippen molar-refractivity contribution in [1.29, 1.82) is 0 Å². The minimum Gasteiger partial charge on any atom is -1.00 e. The quantitative estimate of drug-likeness (QED) is 0.256. The van der Waals surface area contributed by atoms with Crippen molar-refractivity contribution in [2.45, 2.75) is 86.0 Å². The van der Waals surface area contributed by atoms with Crippen LogP contribution in [0.2, 0.25) is 0 Å². The topological polar surface area (TPSA) is 37.6 Å². The van der Waals surface area contributed by atoms with E-state index in [1.165, 1.54) is 22.3 Å². The van der Waals surface area contributed by atoms with Crippen LogP contribution >= 0.6 is 0 Å². The summed E-state index contributed by atoms with van der Waals surface area (Å²) in [6.07, 6.45) is 12.5. The number of rotatable bonds is 12. The zero-order valence-corrected chi connectivity index (χ0v) is 27.5. The average Bonchev–Trinajstić information content (AvgIpc) is 2.84. The molecule has 0 aliphatic carbocycles. The predicted molar refractivity (Wildman–Crippen MR) is 152 cm³/mol. The van der Waals surface area contributed by atoms with Crippen LogP contribution in [-0.2, 0) is 44.2 Å². The molecule has 1 aromatic heterocycles. The van der Waals surface area contributed by atoms with Crippen molar-refractivity contribution >= 4 is 23.8 Å². The van der Waals surface area contributed by atoms with E-state index in [-0.39, 0.29) is 55.8 Å². The van der Waals surface area contributed by atoms with Gasteiger partial charge < -0.3 is 37.2 Å². The Balaban J connectivity index is 0. The molecule has 0 unspecified atom stereocenters. The summed E-state index contributed by atoms with van der Waals surface area (Å²) in [5.41, 5.74) is 10.4. The smallest absolute Gasteiger partial charge is 0.0823 e. The second kappa shape index (κ2) is 21.2. The summed E-state index contributed by atoms with van der Waals surface area (Å²) in [4.78, 5) is 14.8. The molecular weight excluding hydrogens is 584 g/mol. The summed E-state index contributed by atoms with van der Waals surface area (Å²) >= 11 is 0. The minimum atomic E-state index is 0. The number of aryl methyl sites for hydroxylation is 5. The van der Waals surface area contributed by atoms with Gasteiger partial charge in [-0.15, -0.1) is 0 Å². The Morgan fingerprint density at radius 3 is 1.18 bits per heavy atom. The molecule has 0 saturated heterocycles. The molecule has 0 aliphatic rings. The van der Waals surface area contributed by atoms with Crippen LogP contribution in [0, 0.1) is 6.92 Å². The second-order valence-electron chi connectivity index (χ2n) is 9.36. The molecule has 0 spiro atoms. The van der Waals surface area contributed by atoms with Gasteiger partial charge in [-0.3, -0.25) is 9.98 Å². The third kappa shape index (κ3) is 11.8. The number of hydrogen-bond acceptors (Lipinski definition) is 3. The molecule has 213 valence electrons. The van der Waals surface area contributed by atoms with Crippen molar-refractivity contribution < 1.29 is 55.8 Å². The van der Waals surface area contributed by atoms with Gasteiger partial charge >= 0.3 is 0 Å². The van der Waals surface area contributed by atoms with E-state index >= 15 is 0 Å². The van der Waals surface area contributed by atoms with E-state index in [0.717, 1.165) is 79.7 Å². The minimum absolute atomic E-state index is 0. The van der Waals surface area contributed by atoms with Gasteiger partial charge in [0.25, 0.3) is 0 Å². The Kier molecular flexibility index (Phi) is 21.5. The Morgan fingerprint density at radius 2 is 0.897 bits per heavy atom. The third-order valence-electron chi connectivity index (χ3n) is 6.14. The van der Waals surface area contributed by atoms with E-state index in [1.54, 1.807) is 0 Å². The number of hydrogen-bond donors (Lipinski definition) is 0. The van der Waals surface area contributed by atoms with E-state index in [0.29, 0.717) is 0 Å². The van der Waals surface area contributed by atoms with Gasteiger partial charge in [0.2, 0.25) is 0 Å². The number of aliphatic imine (C=N–C) groups is 2. The van der Waals surface area contributed by atoms with E-state index in [4.69, 9.17) is 15.0 Å². The second-order valence-corrected chi connectivity index (χ2v) is 9.36. The van der Waals surface area contributed by atoms with Gasteiger partial charge in [-0.2, -0.15) is 0 Å². The summed E-state index contributed by atoms with van der Waals surface area (Å²) in [5.74, 6) is 0. The molecule has 1 radical (unpaired) electrons. The summed E-state index contributed by atoms with van der Waals surface area (Å²) in [5, 5.41) is 0. The van der Waals surface area contributed by atoms with Crippen LogP contribution in [0.1, 0.15) is 92.6 Å². The fourth-order valence-electron chi connectivity index (χ4n) is 4.62. The molecule has 1 heterocycles. The molecule has 0 fully saturated rings. The molecule has 0 bridgehead atoms. The van der Waals surface area contributed by atoms with Crippen molar-refractivity contribution in [1.82, 2.24) is 4.98 Å². The molecule has 3 aromatic rings. The van der Waals surface area contributed by atoms with E-state index < -0.39 is 0 Å². The monoisotopic (exact) mass is 623 g/mol. The molecule has 3 rings (SSSR count). The number of aromatic nitrogens is 1. The molecule has 0 amide bonds. The van der Waals surface area contributed by atoms with Gasteiger partial charge in [0.05, 0.1) is 35.2 Å². The van der Waals surface area contributed by atoms with Gasteiger partial charge in [0.15, 0.2) is 0 Å². The maximum Gasteiger partial charge on any atom is 0.0823 e. The number of para-hydroxylation sites is 2. The van der Waals surface area contributed by atoms with Gasteiger partial charge in [-0.05, 0) is 72.6 Å². The van der Waals surface area contributed by atoms with Gasteiger partial charge in [0, 0.05) is 18.6 Å². The number of nitrogens with zero attached hydrogens (tertiary/aromatic N) is 3. The predicted octanol–water partition coefficient (Wildman–Crippen LogP) is -0.289. The molecule has 2 aromatic carbocycles. The fraction of sp³-hybridized carbons (Fsp3) is 0.406. The number of halogens is 3. The normalized spacial score (nSPS) is 10.5. The number of pyridine rings is 1. The first-order valence-electron chi connectivity index (χ1n) is 13.4. The van der Waals surface area contributed by atoms with Crippen LogP contribution in [0.4, 0.5) is 11.4 Å². The van der Waals surface area contributed by atoms with Crippen molar-refractivity contribution in [3.05, 3.63) is 87.7 Å². The van der Waals surface area contributed by atoms with Crippen molar-refractivity contribution in [2.75, 3.05) is 0 Å². The van der Waals surface area contributed by atoms with Crippen LogP contribution in [0.25, 0.3) is 0 Å². The molecule has 3 nitrogen and oxygen atoms in total. The standard InChI is InChI=1S/C32H41N3.3ClH.V/c1-6-12-25-16-10-17-26(13-7-2)31(25)33-22-29-20-24(5)21-30(35-29)23-34-32-27(14-8-3)18-11-19-28(32)15-9-4;;;;/h10-11,16-23H,6-9,12-15H2,1-5H3;3*1H;/p-3. The van der Waals surface area contributed by atoms with Crippen LogP contribution in [0.5, 0.6) is 0 Å². The Hall–Kier alpha value is -1.62. The Morgan fingerprint density at radius 1 is 0.590 bits per heavy atom. The van der Waals surface area contributed by atoms with Crippen LogP contribution in [0.3, 0.4) is 0 Å². The molecule has 0 aliphatic heterocycles. The molecule has 7 heteroatoms. The SMILES string of the molecule is CCCc1cccc(CCC)c1N=Cc1cc(C)cc(C=Nc2c(CCC)cccc2CCC)n1.[Cl-].[Cl-].[Cl-].[V]. The zero-order valence-electron chi connectivity index (χ0n) is 23.9. The van der Waals surface area contributed by atoms with Gasteiger partial charge in [0.1, 0.15) is 0 Å². The first-order chi connectivity index (χ1) is 17.1. The van der Waals surface area contributed by atoms with Crippen LogP contribution < -0.4 is 37.2 Å². The van der Waals surface area contributed by atoms with Crippen molar-refractivity contribution in [3.63, 3.8) is 0 Å². The summed E-state index contributed by atoms with van der Waals surface area (Å²) in [6, 6.07) is 17.3. The van der Waals surface area contributed by atoms with E-state index in [9.17, 15) is 0 Å². The molecule has 0 N–H and O–H groups in total. The van der Waals surface area contributed by atoms with E-state index in [1.807, 2.05) is 12.4 Å². The summed E-state index contributed by atoms with van der Waals surface area (Å²) in [7, 11) is 0. The van der Waals surface area contributed by atoms with Crippen LogP contribution in [0.15, 0.2) is 58.5 Å². The van der Waals surface area contributed by atoms with Crippen molar-refractivity contribution in [2.24, 2.45) is 9.98 Å². The third-order valence-corrected chi connectivity index (χ3v) is 6.14. The van der Waals surface area contributed by atoms with Gasteiger partial charge in [-0.1, -0.05) is 89.8 Å². The first-order valence-corrected chi connectivity index (χ1v) is 13.4. The maximum absolute atomic E-state index is 4.96. The fourth-order valence-corrected chi connectivity index (χ4v) is 4.62. The first kappa shape index (κ1) is 39.5. The van der Waals surface area contributed by atoms with Crippen molar-refractivity contribution in [3.8, 4) is 0 Å². The average molecular weight is 625 g/mol. The molecule has 39 heavy (non-hydrogen) atoms. The maximum atomic E-state index is 4.96. The van der Waals surface area contributed by atoms with Gasteiger partial charge in [-0.25, -0.2) is 4.98 Å². The Labute approximate surface area is 266 Å². The largest absolute Gasteiger partial charge is 1.00 e. The van der Waals surface area contributed by atoms with E-state index in [2.05, 4.69) is 83.1 Å².